The van der Waals surface area contributed by atoms with Crippen LogP contribution in [0.2, 0.25) is 0 Å². The van der Waals surface area contributed by atoms with Gasteiger partial charge in [-0.15, -0.1) is 0 Å². The van der Waals surface area contributed by atoms with Crippen LogP contribution < -0.4 is 4.90 Å². The lowest BCUT2D eigenvalue weighted by molar-refractivity contribution is -0.384. The summed E-state index contributed by atoms with van der Waals surface area (Å²) in [5, 5.41) is 20.7. The zero-order chi connectivity index (χ0) is 15.8. The van der Waals surface area contributed by atoms with Gasteiger partial charge in [-0.3, -0.25) is 10.1 Å². The van der Waals surface area contributed by atoms with Gasteiger partial charge in [-0.05, 0) is 25.0 Å². The van der Waals surface area contributed by atoms with Gasteiger partial charge in [0.25, 0.3) is 5.69 Å². The summed E-state index contributed by atoms with van der Waals surface area (Å²) in [6, 6.07) is 4.25. The summed E-state index contributed by atoms with van der Waals surface area (Å²) < 4.78 is 23.1. The summed E-state index contributed by atoms with van der Waals surface area (Å²) in [5.41, 5.74) is 0.699. The summed E-state index contributed by atoms with van der Waals surface area (Å²) in [7, 11) is -1.39. The highest BCUT2D eigenvalue weighted by atomic mass is 32.2. The van der Waals surface area contributed by atoms with Gasteiger partial charge in [0.2, 0.25) is 0 Å². The quantitative estimate of drug-likeness (QED) is 0.663. The molecule has 0 saturated carbocycles. The molecule has 0 radical (unpaired) electrons. The third-order valence-electron chi connectivity index (χ3n) is 3.81. The molecule has 1 aliphatic heterocycles. The Morgan fingerprint density at radius 2 is 2.14 bits per heavy atom. The predicted octanol–water partition coefficient (Wildman–Crippen LogP) is 1.27. The summed E-state index contributed by atoms with van der Waals surface area (Å²) in [5.74, 6) is 0.125. The number of hydrogen-bond donors (Lipinski definition) is 1. The Hall–Kier alpha value is -1.67. The number of rotatable bonds is 4. The Labute approximate surface area is 123 Å². The van der Waals surface area contributed by atoms with E-state index in [0.29, 0.717) is 17.7 Å². The number of nitro groups is 1. The molecule has 0 aromatic heterocycles. The second kappa shape index (κ2) is 5.61. The number of sulfone groups is 1. The van der Waals surface area contributed by atoms with Gasteiger partial charge in [0.15, 0.2) is 9.84 Å². The van der Waals surface area contributed by atoms with E-state index < -0.39 is 20.9 Å². The highest BCUT2D eigenvalue weighted by Crippen LogP contribution is 2.33. The monoisotopic (exact) mass is 314 g/mol. The van der Waals surface area contributed by atoms with E-state index in [-0.39, 0.29) is 23.2 Å². The minimum atomic E-state index is -3.05. The van der Waals surface area contributed by atoms with E-state index in [4.69, 9.17) is 0 Å². The van der Waals surface area contributed by atoms with Gasteiger partial charge in [0, 0.05) is 19.2 Å². The van der Waals surface area contributed by atoms with Gasteiger partial charge in [-0.1, -0.05) is 6.07 Å². The van der Waals surface area contributed by atoms with Crippen molar-refractivity contribution in [2.24, 2.45) is 0 Å². The van der Waals surface area contributed by atoms with Crippen molar-refractivity contribution in [3.63, 3.8) is 0 Å². The van der Waals surface area contributed by atoms with Crippen LogP contribution in [0, 0.1) is 10.1 Å². The van der Waals surface area contributed by atoms with Crippen LogP contribution in [-0.4, -0.2) is 43.0 Å². The first-order chi connectivity index (χ1) is 9.71. The molecule has 116 valence electrons. The van der Waals surface area contributed by atoms with Gasteiger partial charge >= 0.3 is 0 Å². The number of anilines is 1. The third-order valence-corrected chi connectivity index (χ3v) is 5.57. The lowest BCUT2D eigenvalue weighted by atomic mass is 10.1. The van der Waals surface area contributed by atoms with Gasteiger partial charge in [-0.25, -0.2) is 8.42 Å². The molecule has 1 saturated heterocycles. The van der Waals surface area contributed by atoms with Crippen LogP contribution in [0.1, 0.15) is 25.0 Å². The largest absolute Gasteiger partial charge is 0.389 e. The maximum atomic E-state index is 11.5. The molecular weight excluding hydrogens is 296 g/mol. The van der Waals surface area contributed by atoms with Crippen LogP contribution in [0.25, 0.3) is 0 Å². The van der Waals surface area contributed by atoms with E-state index in [2.05, 4.69) is 0 Å². The SMILES string of the molecule is C[C@@H](O)c1ccc(N(C)C2CCS(=O)(=O)C2)c([N+](=O)[O-])c1. The van der Waals surface area contributed by atoms with Crippen molar-refractivity contribution in [1.82, 2.24) is 0 Å². The van der Waals surface area contributed by atoms with Crippen molar-refractivity contribution in [2.75, 3.05) is 23.5 Å². The predicted molar refractivity (Wildman–Crippen MR) is 79.2 cm³/mol. The lowest BCUT2D eigenvalue weighted by Crippen LogP contribution is -2.33. The van der Waals surface area contributed by atoms with Gasteiger partial charge < -0.3 is 10.0 Å². The second-order valence-corrected chi connectivity index (χ2v) is 7.58. The first-order valence-corrected chi connectivity index (χ1v) is 8.43. The molecule has 1 heterocycles. The fourth-order valence-corrected chi connectivity index (χ4v) is 4.30. The fourth-order valence-electron chi connectivity index (χ4n) is 2.52. The van der Waals surface area contributed by atoms with Gasteiger partial charge in [0.1, 0.15) is 5.69 Å². The molecule has 2 atom stereocenters. The first-order valence-electron chi connectivity index (χ1n) is 6.61. The molecule has 0 spiro atoms. The van der Waals surface area contributed by atoms with Crippen LogP contribution in [0.5, 0.6) is 0 Å². The third kappa shape index (κ3) is 3.33. The van der Waals surface area contributed by atoms with Crippen molar-refractivity contribution in [1.29, 1.82) is 0 Å². The van der Waals surface area contributed by atoms with Crippen molar-refractivity contribution in [3.05, 3.63) is 33.9 Å². The van der Waals surface area contributed by atoms with Crippen molar-refractivity contribution in [3.8, 4) is 0 Å². The molecular formula is C13H18N2O5S. The summed E-state index contributed by atoms with van der Waals surface area (Å²) in [6.07, 6.45) is -0.330. The summed E-state index contributed by atoms with van der Waals surface area (Å²) in [6.45, 7) is 1.53. The molecule has 0 aliphatic carbocycles. The normalized spacial score (nSPS) is 22.0. The maximum absolute atomic E-state index is 11.5. The summed E-state index contributed by atoms with van der Waals surface area (Å²) in [4.78, 5) is 12.4. The molecule has 1 aromatic rings. The molecule has 1 N–H and O–H groups in total. The van der Waals surface area contributed by atoms with E-state index in [1.807, 2.05) is 0 Å². The number of benzene rings is 1. The molecule has 0 amide bonds. The maximum Gasteiger partial charge on any atom is 0.292 e. The summed E-state index contributed by atoms with van der Waals surface area (Å²) >= 11 is 0. The van der Waals surface area contributed by atoms with E-state index >= 15 is 0 Å². The zero-order valence-electron chi connectivity index (χ0n) is 11.9. The van der Waals surface area contributed by atoms with E-state index in [0.717, 1.165) is 0 Å². The van der Waals surface area contributed by atoms with Crippen LogP contribution >= 0.6 is 0 Å². The number of hydrogen-bond acceptors (Lipinski definition) is 6. The van der Waals surface area contributed by atoms with E-state index in [9.17, 15) is 23.6 Å². The molecule has 1 unspecified atom stereocenters. The van der Waals surface area contributed by atoms with Crippen molar-refractivity contribution < 1.29 is 18.4 Å². The van der Waals surface area contributed by atoms with Crippen LogP contribution in [-0.2, 0) is 9.84 Å². The van der Waals surface area contributed by atoms with Crippen LogP contribution in [0.4, 0.5) is 11.4 Å². The Bertz CT molecular complexity index is 657. The standard InChI is InChI=1S/C13H18N2O5S/c1-9(16)10-3-4-12(13(7-10)15(17)18)14(2)11-5-6-21(19,20)8-11/h3-4,7,9,11,16H,5-6,8H2,1-2H3/t9-,11?/m1/s1. The number of nitrogens with zero attached hydrogens (tertiary/aromatic N) is 2. The molecule has 7 nitrogen and oxygen atoms in total. The van der Waals surface area contributed by atoms with E-state index in [1.54, 1.807) is 24.1 Å². The highest BCUT2D eigenvalue weighted by Gasteiger charge is 2.33. The molecule has 8 heteroatoms. The lowest BCUT2D eigenvalue weighted by Gasteiger charge is -2.25. The Morgan fingerprint density at radius 1 is 1.48 bits per heavy atom. The average Bonchev–Trinajstić information content (AvgIpc) is 2.77. The number of nitro benzene ring substituents is 1. The molecule has 21 heavy (non-hydrogen) atoms. The highest BCUT2D eigenvalue weighted by molar-refractivity contribution is 7.91. The molecule has 1 aromatic carbocycles. The topological polar surface area (TPSA) is 101 Å². The zero-order valence-corrected chi connectivity index (χ0v) is 12.7. The van der Waals surface area contributed by atoms with Crippen molar-refractivity contribution in [2.45, 2.75) is 25.5 Å². The van der Waals surface area contributed by atoms with Crippen LogP contribution in [0.15, 0.2) is 18.2 Å². The smallest absolute Gasteiger partial charge is 0.292 e. The van der Waals surface area contributed by atoms with Crippen LogP contribution in [0.3, 0.4) is 0 Å². The van der Waals surface area contributed by atoms with E-state index in [1.165, 1.54) is 13.0 Å². The Kier molecular flexibility index (Phi) is 4.20. The second-order valence-electron chi connectivity index (χ2n) is 5.35. The minimum absolute atomic E-state index is 0.0127. The molecule has 0 bridgehead atoms. The minimum Gasteiger partial charge on any atom is -0.389 e. The van der Waals surface area contributed by atoms with Gasteiger partial charge in [-0.2, -0.15) is 0 Å². The molecule has 2 rings (SSSR count). The number of aliphatic hydroxyl groups excluding tert-OH is 1. The first kappa shape index (κ1) is 15.7. The Balaban J connectivity index is 2.37. The number of aliphatic hydroxyl groups is 1. The Morgan fingerprint density at radius 3 is 2.62 bits per heavy atom. The fraction of sp³-hybridized carbons (Fsp3) is 0.538. The average molecular weight is 314 g/mol. The van der Waals surface area contributed by atoms with Crippen molar-refractivity contribution >= 4 is 21.2 Å². The van der Waals surface area contributed by atoms with Gasteiger partial charge in [0.05, 0.1) is 22.5 Å². The molecule has 1 aliphatic rings. The molecule has 1 fully saturated rings.